The van der Waals surface area contributed by atoms with Crippen LogP contribution in [0.1, 0.15) is 45.3 Å². The Labute approximate surface area is 115 Å². The zero-order chi connectivity index (χ0) is 13.8. The van der Waals surface area contributed by atoms with Gasteiger partial charge in [-0.2, -0.15) is 5.10 Å². The molecule has 1 heterocycles. The molecule has 0 aliphatic heterocycles. The van der Waals surface area contributed by atoms with Gasteiger partial charge in [0.05, 0.1) is 28.6 Å². The maximum Gasteiger partial charge on any atom is 0.0834 e. The molecule has 1 aromatic heterocycles. The van der Waals surface area contributed by atoms with Crippen LogP contribution in [0.15, 0.2) is 6.20 Å². The molecule has 5 heteroatoms. The van der Waals surface area contributed by atoms with Crippen molar-refractivity contribution in [3.63, 3.8) is 0 Å². The van der Waals surface area contributed by atoms with Crippen molar-refractivity contribution < 1.29 is 4.74 Å². The van der Waals surface area contributed by atoms with Gasteiger partial charge in [-0.05, 0) is 33.2 Å². The standard InChI is InChI=1S/C13H24ClN3O/c1-6-7-15-11(8-13(2,3)18-5)12-10(14)9-16-17(12)4/h9,11,15H,6-8H2,1-5H3. The molecule has 0 aliphatic carbocycles. The third-order valence-electron chi connectivity index (χ3n) is 3.16. The molecule has 0 bridgehead atoms. The summed E-state index contributed by atoms with van der Waals surface area (Å²) in [7, 11) is 3.66. The molecule has 1 rings (SSSR count). The van der Waals surface area contributed by atoms with Crippen LogP contribution in [-0.2, 0) is 11.8 Å². The Morgan fingerprint density at radius 1 is 1.56 bits per heavy atom. The summed E-state index contributed by atoms with van der Waals surface area (Å²) in [4.78, 5) is 0. The molecule has 0 spiro atoms. The van der Waals surface area contributed by atoms with Crippen LogP contribution in [-0.4, -0.2) is 29.0 Å². The highest BCUT2D eigenvalue weighted by Gasteiger charge is 2.27. The Hall–Kier alpha value is -0.580. The quantitative estimate of drug-likeness (QED) is 0.830. The van der Waals surface area contributed by atoms with E-state index in [1.807, 2.05) is 11.7 Å². The second kappa shape index (κ2) is 6.55. The number of aryl methyl sites for hydroxylation is 1. The molecular formula is C13H24ClN3O. The average molecular weight is 274 g/mol. The number of hydrogen-bond donors (Lipinski definition) is 1. The fourth-order valence-corrected chi connectivity index (χ4v) is 2.27. The van der Waals surface area contributed by atoms with E-state index in [0.29, 0.717) is 5.02 Å². The van der Waals surface area contributed by atoms with Gasteiger partial charge in [-0.15, -0.1) is 0 Å². The molecule has 18 heavy (non-hydrogen) atoms. The number of rotatable bonds is 7. The number of nitrogens with one attached hydrogen (secondary N) is 1. The van der Waals surface area contributed by atoms with E-state index < -0.39 is 0 Å². The first-order valence-corrected chi connectivity index (χ1v) is 6.75. The molecule has 0 saturated carbocycles. The SMILES string of the molecule is CCCNC(CC(C)(C)OC)c1c(Cl)cnn1C. The van der Waals surface area contributed by atoms with Gasteiger partial charge in [-0.1, -0.05) is 18.5 Å². The highest BCUT2D eigenvalue weighted by molar-refractivity contribution is 6.31. The summed E-state index contributed by atoms with van der Waals surface area (Å²) in [5.41, 5.74) is 0.828. The van der Waals surface area contributed by atoms with Crippen molar-refractivity contribution in [2.75, 3.05) is 13.7 Å². The first-order valence-electron chi connectivity index (χ1n) is 6.37. The molecule has 0 fully saturated rings. The van der Waals surface area contributed by atoms with Crippen LogP contribution in [0.3, 0.4) is 0 Å². The molecule has 0 aliphatic rings. The van der Waals surface area contributed by atoms with E-state index in [9.17, 15) is 0 Å². The Balaban J connectivity index is 2.91. The molecule has 0 aromatic carbocycles. The first kappa shape index (κ1) is 15.5. The highest BCUT2D eigenvalue weighted by atomic mass is 35.5. The molecule has 1 unspecified atom stereocenters. The molecular weight excluding hydrogens is 250 g/mol. The van der Waals surface area contributed by atoms with Crippen LogP contribution >= 0.6 is 11.6 Å². The summed E-state index contributed by atoms with van der Waals surface area (Å²) in [5, 5.41) is 8.43. The lowest BCUT2D eigenvalue weighted by atomic mass is 9.96. The van der Waals surface area contributed by atoms with Crippen LogP contribution < -0.4 is 5.32 Å². The lowest BCUT2D eigenvalue weighted by Crippen LogP contribution is -2.33. The third kappa shape index (κ3) is 3.97. The van der Waals surface area contributed by atoms with E-state index >= 15 is 0 Å². The summed E-state index contributed by atoms with van der Waals surface area (Å²) in [6.45, 7) is 7.26. The predicted molar refractivity (Wildman–Crippen MR) is 75.0 cm³/mol. The van der Waals surface area contributed by atoms with Gasteiger partial charge in [0, 0.05) is 14.2 Å². The van der Waals surface area contributed by atoms with Crippen molar-refractivity contribution in [2.24, 2.45) is 7.05 Å². The Morgan fingerprint density at radius 2 is 2.22 bits per heavy atom. The first-order chi connectivity index (χ1) is 8.41. The summed E-state index contributed by atoms with van der Waals surface area (Å²) in [6, 6.07) is 0.153. The summed E-state index contributed by atoms with van der Waals surface area (Å²) >= 11 is 6.23. The van der Waals surface area contributed by atoms with E-state index in [1.165, 1.54) is 0 Å². The Bertz CT molecular complexity index is 357. The van der Waals surface area contributed by atoms with Gasteiger partial charge < -0.3 is 10.1 Å². The number of nitrogens with zero attached hydrogens (tertiary/aromatic N) is 2. The Morgan fingerprint density at radius 3 is 2.67 bits per heavy atom. The zero-order valence-electron chi connectivity index (χ0n) is 12.0. The summed E-state index contributed by atoms with van der Waals surface area (Å²) < 4.78 is 7.35. The summed E-state index contributed by atoms with van der Waals surface area (Å²) in [6.07, 6.45) is 3.62. The van der Waals surface area contributed by atoms with Gasteiger partial charge in [-0.3, -0.25) is 4.68 Å². The minimum atomic E-state index is -0.195. The zero-order valence-corrected chi connectivity index (χ0v) is 12.7. The van der Waals surface area contributed by atoms with Crippen LogP contribution in [0, 0.1) is 0 Å². The highest BCUT2D eigenvalue weighted by Crippen LogP contribution is 2.30. The van der Waals surface area contributed by atoms with Gasteiger partial charge in [0.1, 0.15) is 0 Å². The van der Waals surface area contributed by atoms with Gasteiger partial charge in [0.25, 0.3) is 0 Å². The van der Waals surface area contributed by atoms with E-state index in [1.54, 1.807) is 13.3 Å². The smallest absolute Gasteiger partial charge is 0.0834 e. The van der Waals surface area contributed by atoms with Crippen molar-refractivity contribution in [2.45, 2.75) is 45.3 Å². The van der Waals surface area contributed by atoms with Crippen LogP contribution in [0.2, 0.25) is 5.02 Å². The van der Waals surface area contributed by atoms with Gasteiger partial charge in [-0.25, -0.2) is 0 Å². The van der Waals surface area contributed by atoms with E-state index in [4.69, 9.17) is 16.3 Å². The van der Waals surface area contributed by atoms with Crippen molar-refractivity contribution in [3.8, 4) is 0 Å². The van der Waals surface area contributed by atoms with Crippen LogP contribution in [0.25, 0.3) is 0 Å². The molecule has 0 saturated heterocycles. The molecule has 1 aromatic rings. The number of ether oxygens (including phenoxy) is 1. The lowest BCUT2D eigenvalue weighted by molar-refractivity contribution is 0.00622. The normalized spacial score (nSPS) is 13.9. The van der Waals surface area contributed by atoms with Crippen LogP contribution in [0.4, 0.5) is 0 Å². The van der Waals surface area contributed by atoms with Gasteiger partial charge >= 0.3 is 0 Å². The second-order valence-electron chi connectivity index (χ2n) is 5.18. The van der Waals surface area contributed by atoms with Crippen molar-refractivity contribution in [1.82, 2.24) is 15.1 Å². The fraction of sp³-hybridized carbons (Fsp3) is 0.769. The van der Waals surface area contributed by atoms with Gasteiger partial charge in [0.15, 0.2) is 0 Å². The van der Waals surface area contributed by atoms with Crippen molar-refractivity contribution in [3.05, 3.63) is 16.9 Å². The van der Waals surface area contributed by atoms with Crippen molar-refractivity contribution >= 4 is 11.6 Å². The molecule has 1 atom stereocenters. The third-order valence-corrected chi connectivity index (χ3v) is 3.45. The minimum absolute atomic E-state index is 0.153. The van der Waals surface area contributed by atoms with Gasteiger partial charge in [0.2, 0.25) is 0 Å². The monoisotopic (exact) mass is 273 g/mol. The number of halogens is 1. The minimum Gasteiger partial charge on any atom is -0.379 e. The van der Waals surface area contributed by atoms with E-state index in [-0.39, 0.29) is 11.6 Å². The number of methoxy groups -OCH3 is 1. The average Bonchev–Trinajstić information content (AvgIpc) is 2.65. The fourth-order valence-electron chi connectivity index (χ4n) is 1.97. The topological polar surface area (TPSA) is 39.1 Å². The maximum atomic E-state index is 6.23. The number of aromatic nitrogens is 2. The van der Waals surface area contributed by atoms with Crippen molar-refractivity contribution in [1.29, 1.82) is 0 Å². The van der Waals surface area contributed by atoms with E-state index in [0.717, 1.165) is 25.1 Å². The van der Waals surface area contributed by atoms with Crippen LogP contribution in [0.5, 0.6) is 0 Å². The molecule has 0 radical (unpaired) electrons. The second-order valence-corrected chi connectivity index (χ2v) is 5.58. The summed E-state index contributed by atoms with van der Waals surface area (Å²) in [5.74, 6) is 0. The lowest BCUT2D eigenvalue weighted by Gasteiger charge is -2.29. The van der Waals surface area contributed by atoms with E-state index in [2.05, 4.69) is 31.2 Å². The Kier molecular flexibility index (Phi) is 5.63. The molecule has 4 nitrogen and oxygen atoms in total. The molecule has 1 N–H and O–H groups in total. The molecule has 104 valence electrons. The number of hydrogen-bond acceptors (Lipinski definition) is 3. The largest absolute Gasteiger partial charge is 0.379 e. The molecule has 0 amide bonds. The maximum absolute atomic E-state index is 6.23. The predicted octanol–water partition coefficient (Wildman–Crippen LogP) is 2.93.